The van der Waals surface area contributed by atoms with Gasteiger partial charge >= 0.3 is 0 Å². The zero-order valence-electron chi connectivity index (χ0n) is 12.7. The molecule has 2 aromatic heterocycles. The van der Waals surface area contributed by atoms with E-state index in [1.54, 1.807) is 28.7 Å². The van der Waals surface area contributed by atoms with Gasteiger partial charge in [0.2, 0.25) is 0 Å². The Kier molecular flexibility index (Phi) is 6.83. The average Bonchev–Trinajstić information content (AvgIpc) is 3.19. The summed E-state index contributed by atoms with van der Waals surface area (Å²) in [4.78, 5) is 16.9. The standard InChI is InChI=1S/C17H21NO2S2/c1-3-4-9-20-14(2)17(19)18(12-15-7-5-10-21-15)13-16-8-6-11-22-16/h3,5-8,10-11,14H,1,4,9,12-13H2,2H3. The summed E-state index contributed by atoms with van der Waals surface area (Å²) in [5.74, 6) is 0.0332. The fourth-order valence-corrected chi connectivity index (χ4v) is 3.49. The first-order chi connectivity index (χ1) is 10.7. The van der Waals surface area contributed by atoms with Gasteiger partial charge in [-0.3, -0.25) is 4.79 Å². The molecule has 0 aliphatic rings. The van der Waals surface area contributed by atoms with Crippen LogP contribution in [0.25, 0.3) is 0 Å². The lowest BCUT2D eigenvalue weighted by Crippen LogP contribution is -2.38. The molecule has 22 heavy (non-hydrogen) atoms. The molecule has 2 rings (SSSR count). The third kappa shape index (κ3) is 5.09. The van der Waals surface area contributed by atoms with Crippen LogP contribution in [-0.2, 0) is 22.6 Å². The van der Waals surface area contributed by atoms with Crippen molar-refractivity contribution in [3.05, 3.63) is 57.4 Å². The molecule has 0 saturated heterocycles. The number of ether oxygens (including phenoxy) is 1. The van der Waals surface area contributed by atoms with E-state index in [1.165, 1.54) is 9.75 Å². The van der Waals surface area contributed by atoms with Crippen LogP contribution in [0, 0.1) is 0 Å². The third-order valence-electron chi connectivity index (χ3n) is 3.20. The van der Waals surface area contributed by atoms with Crippen molar-refractivity contribution < 1.29 is 9.53 Å². The Balaban J connectivity index is 2.01. The normalized spacial score (nSPS) is 12.0. The fraction of sp³-hybridized carbons (Fsp3) is 0.353. The fourth-order valence-electron chi connectivity index (χ4n) is 2.05. The van der Waals surface area contributed by atoms with E-state index in [0.29, 0.717) is 19.7 Å². The van der Waals surface area contributed by atoms with Crippen molar-refractivity contribution in [1.29, 1.82) is 0 Å². The Morgan fingerprint density at radius 1 is 1.27 bits per heavy atom. The van der Waals surface area contributed by atoms with Crippen molar-refractivity contribution in [1.82, 2.24) is 4.90 Å². The van der Waals surface area contributed by atoms with Gasteiger partial charge in [0.25, 0.3) is 5.91 Å². The Bertz CT molecular complexity index is 527. The zero-order chi connectivity index (χ0) is 15.8. The molecule has 1 atom stereocenters. The van der Waals surface area contributed by atoms with Crippen LogP contribution < -0.4 is 0 Å². The van der Waals surface area contributed by atoms with E-state index in [9.17, 15) is 4.79 Å². The molecule has 3 nitrogen and oxygen atoms in total. The SMILES string of the molecule is C=CCCOC(C)C(=O)N(Cc1cccs1)Cc1cccs1. The van der Waals surface area contributed by atoms with Gasteiger partial charge in [-0.1, -0.05) is 18.2 Å². The molecule has 0 bridgehead atoms. The van der Waals surface area contributed by atoms with Crippen LogP contribution in [-0.4, -0.2) is 23.5 Å². The molecule has 2 heterocycles. The summed E-state index contributed by atoms with van der Waals surface area (Å²) in [7, 11) is 0. The number of carbonyl (C=O) groups excluding carboxylic acids is 1. The molecule has 0 saturated carbocycles. The van der Waals surface area contributed by atoms with E-state index in [1.807, 2.05) is 34.7 Å². The number of carbonyl (C=O) groups is 1. The Hall–Kier alpha value is -1.43. The van der Waals surface area contributed by atoms with Gasteiger partial charge in [0.1, 0.15) is 6.10 Å². The van der Waals surface area contributed by atoms with E-state index >= 15 is 0 Å². The number of hydrogen-bond acceptors (Lipinski definition) is 4. The van der Waals surface area contributed by atoms with Gasteiger partial charge in [0.05, 0.1) is 19.7 Å². The van der Waals surface area contributed by atoms with E-state index < -0.39 is 6.10 Å². The van der Waals surface area contributed by atoms with Crippen LogP contribution in [0.1, 0.15) is 23.1 Å². The number of hydrogen-bond donors (Lipinski definition) is 0. The monoisotopic (exact) mass is 335 g/mol. The number of thiophene rings is 2. The zero-order valence-corrected chi connectivity index (χ0v) is 14.4. The maximum Gasteiger partial charge on any atom is 0.252 e. The van der Waals surface area contributed by atoms with E-state index in [0.717, 1.165) is 6.42 Å². The van der Waals surface area contributed by atoms with Gasteiger partial charge in [-0.05, 0) is 36.2 Å². The van der Waals surface area contributed by atoms with Crippen molar-refractivity contribution in [2.75, 3.05) is 6.61 Å². The molecule has 0 N–H and O–H groups in total. The van der Waals surface area contributed by atoms with Crippen molar-refractivity contribution in [3.8, 4) is 0 Å². The highest BCUT2D eigenvalue weighted by Crippen LogP contribution is 2.18. The van der Waals surface area contributed by atoms with Crippen LogP contribution in [0.3, 0.4) is 0 Å². The number of nitrogens with zero attached hydrogens (tertiary/aromatic N) is 1. The highest BCUT2D eigenvalue weighted by atomic mass is 32.1. The maximum atomic E-state index is 12.7. The summed E-state index contributed by atoms with van der Waals surface area (Å²) >= 11 is 3.34. The summed E-state index contributed by atoms with van der Waals surface area (Å²) in [5, 5.41) is 4.07. The highest BCUT2D eigenvalue weighted by molar-refractivity contribution is 7.10. The molecule has 0 radical (unpaired) electrons. The molecule has 0 aliphatic carbocycles. The molecule has 118 valence electrons. The predicted octanol–water partition coefficient (Wildman–Crippen LogP) is 4.32. The second kappa shape index (κ2) is 8.88. The molecule has 1 unspecified atom stereocenters. The molecular weight excluding hydrogens is 314 g/mol. The molecule has 0 spiro atoms. The van der Waals surface area contributed by atoms with Crippen LogP contribution in [0.2, 0.25) is 0 Å². The first-order valence-corrected chi connectivity index (χ1v) is 9.02. The largest absolute Gasteiger partial charge is 0.368 e. The second-order valence-corrected chi connectivity index (χ2v) is 7.01. The van der Waals surface area contributed by atoms with Gasteiger partial charge in [0.15, 0.2) is 0 Å². The summed E-state index contributed by atoms with van der Waals surface area (Å²) in [6.07, 6.45) is 2.12. The van der Waals surface area contributed by atoms with Gasteiger partial charge in [-0.15, -0.1) is 29.3 Å². The predicted molar refractivity (Wildman–Crippen MR) is 93.1 cm³/mol. The van der Waals surface area contributed by atoms with Gasteiger partial charge < -0.3 is 9.64 Å². The third-order valence-corrected chi connectivity index (χ3v) is 4.93. The Morgan fingerprint density at radius 3 is 2.32 bits per heavy atom. The molecule has 0 aliphatic heterocycles. The minimum absolute atomic E-state index is 0.0332. The van der Waals surface area contributed by atoms with E-state index in [4.69, 9.17) is 4.74 Å². The van der Waals surface area contributed by atoms with Crippen LogP contribution in [0.5, 0.6) is 0 Å². The summed E-state index contributed by atoms with van der Waals surface area (Å²) in [6, 6.07) is 8.14. The van der Waals surface area contributed by atoms with Crippen molar-refractivity contribution in [2.45, 2.75) is 32.5 Å². The lowest BCUT2D eigenvalue weighted by atomic mass is 10.3. The summed E-state index contributed by atoms with van der Waals surface area (Å²) in [6.45, 7) is 7.27. The van der Waals surface area contributed by atoms with Crippen molar-refractivity contribution in [3.63, 3.8) is 0 Å². The average molecular weight is 335 g/mol. The second-order valence-electron chi connectivity index (χ2n) is 4.94. The topological polar surface area (TPSA) is 29.5 Å². The highest BCUT2D eigenvalue weighted by Gasteiger charge is 2.22. The van der Waals surface area contributed by atoms with E-state index in [2.05, 4.69) is 18.7 Å². The number of amides is 1. The van der Waals surface area contributed by atoms with Crippen molar-refractivity contribution >= 4 is 28.6 Å². The van der Waals surface area contributed by atoms with Gasteiger partial charge in [0, 0.05) is 9.75 Å². The van der Waals surface area contributed by atoms with E-state index in [-0.39, 0.29) is 5.91 Å². The summed E-state index contributed by atoms with van der Waals surface area (Å²) < 4.78 is 5.61. The number of rotatable bonds is 9. The van der Waals surface area contributed by atoms with Crippen molar-refractivity contribution in [2.24, 2.45) is 0 Å². The lowest BCUT2D eigenvalue weighted by Gasteiger charge is -2.25. The minimum Gasteiger partial charge on any atom is -0.368 e. The first kappa shape index (κ1) is 16.9. The van der Waals surface area contributed by atoms with Crippen LogP contribution in [0.4, 0.5) is 0 Å². The smallest absolute Gasteiger partial charge is 0.252 e. The molecule has 2 aromatic rings. The molecule has 0 fully saturated rings. The quantitative estimate of drug-likeness (QED) is 0.504. The summed E-state index contributed by atoms with van der Waals surface area (Å²) in [5.41, 5.74) is 0. The van der Waals surface area contributed by atoms with Gasteiger partial charge in [-0.2, -0.15) is 0 Å². The minimum atomic E-state index is -0.431. The molecule has 0 aromatic carbocycles. The first-order valence-electron chi connectivity index (χ1n) is 7.26. The molecule has 5 heteroatoms. The maximum absolute atomic E-state index is 12.7. The van der Waals surface area contributed by atoms with Crippen LogP contribution in [0.15, 0.2) is 47.7 Å². The molecule has 1 amide bonds. The lowest BCUT2D eigenvalue weighted by molar-refractivity contribution is -0.143. The molecular formula is C17H21NO2S2. The van der Waals surface area contributed by atoms with Gasteiger partial charge in [-0.25, -0.2) is 0 Å². The van der Waals surface area contributed by atoms with Crippen LogP contribution >= 0.6 is 22.7 Å². The Morgan fingerprint density at radius 2 is 1.86 bits per heavy atom. The Labute approximate surface area is 139 Å².